The molecule has 5 heteroatoms. The van der Waals surface area contributed by atoms with Crippen molar-refractivity contribution in [2.45, 2.75) is 27.7 Å². The van der Waals surface area contributed by atoms with E-state index in [9.17, 15) is 9.90 Å². The third-order valence-corrected chi connectivity index (χ3v) is 7.64. The van der Waals surface area contributed by atoms with Gasteiger partial charge in [-0.25, -0.2) is 4.42 Å². The number of anilines is 4. The Morgan fingerprint density at radius 1 is 0.610 bits per heavy atom. The first-order valence-electron chi connectivity index (χ1n) is 13.6. The van der Waals surface area contributed by atoms with Crippen LogP contribution in [0.2, 0.25) is 0 Å². The second-order valence-electron chi connectivity index (χ2n) is 10.5. The normalized spacial score (nSPS) is 11.1. The highest BCUT2D eigenvalue weighted by atomic mass is 16.4. The molecule has 2 N–H and O–H groups in total. The lowest BCUT2D eigenvalue weighted by atomic mass is 9.93. The Hall–Kier alpha value is -5.16. The van der Waals surface area contributed by atoms with Crippen molar-refractivity contribution in [3.05, 3.63) is 125 Å². The lowest BCUT2D eigenvalue weighted by Crippen LogP contribution is -2.23. The minimum atomic E-state index is -1.22. The van der Waals surface area contributed by atoms with Gasteiger partial charge in [0.25, 0.3) is 0 Å². The number of fused-ring (bicyclic) bond motifs is 2. The molecule has 0 amide bonds. The number of benzene rings is 5. The predicted molar refractivity (Wildman–Crippen MR) is 166 cm³/mol. The van der Waals surface area contributed by atoms with Crippen LogP contribution in [0.5, 0.6) is 0 Å². The van der Waals surface area contributed by atoms with Crippen LogP contribution in [0.4, 0.5) is 22.7 Å². The van der Waals surface area contributed by atoms with Gasteiger partial charge in [0.05, 0.1) is 28.9 Å². The van der Waals surface area contributed by atoms with Gasteiger partial charge in [0.15, 0.2) is 0 Å². The molecule has 0 fully saturated rings. The number of carbonyl (C=O) groups excluding carboxylic acids is 1. The summed E-state index contributed by atoms with van der Waals surface area (Å²) in [6, 6.07) is 31.3. The van der Waals surface area contributed by atoms with E-state index in [4.69, 9.17) is 4.42 Å². The van der Waals surface area contributed by atoms with Crippen molar-refractivity contribution >= 4 is 50.7 Å². The molecule has 0 radical (unpaired) electrons. The van der Waals surface area contributed by atoms with E-state index in [1.54, 1.807) is 12.1 Å². The van der Waals surface area contributed by atoms with E-state index in [1.165, 1.54) is 0 Å². The summed E-state index contributed by atoms with van der Waals surface area (Å²) in [6.07, 6.45) is 0. The first-order valence-corrected chi connectivity index (χ1v) is 13.6. The van der Waals surface area contributed by atoms with Crippen molar-refractivity contribution in [2.75, 3.05) is 10.6 Å². The number of carbonyl (C=O) groups is 1. The third kappa shape index (κ3) is 4.87. The van der Waals surface area contributed by atoms with Gasteiger partial charge in [-0.2, -0.15) is 0 Å². The summed E-state index contributed by atoms with van der Waals surface area (Å²) in [5, 5.41) is 20.9. The van der Waals surface area contributed by atoms with E-state index in [1.807, 2.05) is 60.7 Å². The zero-order chi connectivity index (χ0) is 28.7. The molecule has 0 aliphatic carbocycles. The second-order valence-corrected chi connectivity index (χ2v) is 10.5. The highest BCUT2D eigenvalue weighted by Gasteiger charge is 2.23. The van der Waals surface area contributed by atoms with Crippen LogP contribution in [0.3, 0.4) is 0 Å². The topological polar surface area (TPSA) is 75.5 Å². The highest BCUT2D eigenvalue weighted by molar-refractivity contribution is 6.12. The average molecular weight is 539 g/mol. The Morgan fingerprint density at radius 2 is 1.07 bits per heavy atom. The summed E-state index contributed by atoms with van der Waals surface area (Å²) < 4.78 is 6.54. The molecule has 6 rings (SSSR count). The molecule has 6 aromatic rings. The van der Waals surface area contributed by atoms with Crippen molar-refractivity contribution in [2.24, 2.45) is 0 Å². The number of hydrogen-bond acceptors (Lipinski definition) is 4. The molecule has 0 atom stereocenters. The SMILES string of the molecule is Cc1cccc(C)c1Nc1ccc2c(-c3ccccc3C(=O)[O-])c3ccc(Nc4c(C)cccc4C)cc3[o+]c2c1. The second kappa shape index (κ2) is 10.4. The van der Waals surface area contributed by atoms with E-state index in [-0.39, 0.29) is 5.56 Å². The molecule has 0 spiro atoms. The van der Waals surface area contributed by atoms with Crippen LogP contribution in [0, 0.1) is 27.7 Å². The Kier molecular flexibility index (Phi) is 6.64. The fourth-order valence-electron chi connectivity index (χ4n) is 5.53. The zero-order valence-corrected chi connectivity index (χ0v) is 23.5. The first kappa shape index (κ1) is 26.1. The maximum atomic E-state index is 12.2. The molecule has 0 bridgehead atoms. The van der Waals surface area contributed by atoms with E-state index < -0.39 is 5.97 Å². The zero-order valence-electron chi connectivity index (χ0n) is 23.5. The molecular weight excluding hydrogens is 508 g/mol. The molecule has 0 saturated heterocycles. The number of carboxylic acids is 1. The third-order valence-electron chi connectivity index (χ3n) is 7.64. The van der Waals surface area contributed by atoms with Gasteiger partial charge in [0.1, 0.15) is 0 Å². The monoisotopic (exact) mass is 538 g/mol. The van der Waals surface area contributed by atoms with Crippen molar-refractivity contribution in [1.82, 2.24) is 0 Å². The molecule has 0 aliphatic heterocycles. The van der Waals surface area contributed by atoms with Crippen LogP contribution in [-0.2, 0) is 0 Å². The van der Waals surface area contributed by atoms with Crippen molar-refractivity contribution in [3.8, 4) is 11.1 Å². The molecule has 202 valence electrons. The number of aromatic carboxylic acids is 1. The molecule has 0 saturated carbocycles. The van der Waals surface area contributed by atoms with Crippen molar-refractivity contribution in [1.29, 1.82) is 0 Å². The summed E-state index contributed by atoms with van der Waals surface area (Å²) in [6.45, 7) is 8.31. The summed E-state index contributed by atoms with van der Waals surface area (Å²) in [7, 11) is 0. The number of hydrogen-bond donors (Lipinski definition) is 2. The van der Waals surface area contributed by atoms with Crippen molar-refractivity contribution in [3.63, 3.8) is 0 Å². The summed E-state index contributed by atoms with van der Waals surface area (Å²) in [5.74, 6) is -1.22. The Labute approximate surface area is 239 Å². The summed E-state index contributed by atoms with van der Waals surface area (Å²) in [4.78, 5) is 12.2. The Morgan fingerprint density at radius 3 is 1.54 bits per heavy atom. The number of nitrogens with one attached hydrogen (secondary N) is 2. The fourth-order valence-corrected chi connectivity index (χ4v) is 5.53. The minimum absolute atomic E-state index is 0.136. The van der Waals surface area contributed by atoms with E-state index in [2.05, 4.69) is 62.6 Å². The lowest BCUT2D eigenvalue weighted by Gasteiger charge is -2.15. The van der Waals surface area contributed by atoms with Gasteiger partial charge in [-0.15, -0.1) is 0 Å². The van der Waals surface area contributed by atoms with E-state index >= 15 is 0 Å². The van der Waals surface area contributed by atoms with Crippen LogP contribution >= 0.6 is 0 Å². The maximum absolute atomic E-state index is 12.2. The molecule has 1 aromatic heterocycles. The van der Waals surface area contributed by atoms with Crippen LogP contribution < -0.4 is 15.7 Å². The molecular formula is C36H30N2O3. The quantitative estimate of drug-likeness (QED) is 0.164. The van der Waals surface area contributed by atoms with Crippen LogP contribution in [-0.4, -0.2) is 5.97 Å². The lowest BCUT2D eigenvalue weighted by molar-refractivity contribution is -0.254. The molecule has 1 heterocycles. The van der Waals surface area contributed by atoms with Gasteiger partial charge < -0.3 is 20.5 Å². The van der Waals surface area contributed by atoms with Crippen molar-refractivity contribution < 1.29 is 14.3 Å². The minimum Gasteiger partial charge on any atom is -0.545 e. The predicted octanol–water partition coefficient (Wildman–Crippen LogP) is 8.62. The van der Waals surface area contributed by atoms with Crippen LogP contribution in [0.25, 0.3) is 33.1 Å². The largest absolute Gasteiger partial charge is 0.545 e. The molecule has 5 nitrogen and oxygen atoms in total. The first-order chi connectivity index (χ1) is 19.8. The van der Waals surface area contributed by atoms with Gasteiger partial charge in [-0.1, -0.05) is 60.7 Å². The maximum Gasteiger partial charge on any atom is 0.363 e. The van der Waals surface area contributed by atoms with Gasteiger partial charge in [-0.3, -0.25) is 0 Å². The number of aryl methyl sites for hydroxylation is 4. The van der Waals surface area contributed by atoms with Crippen LogP contribution in [0.15, 0.2) is 101 Å². The van der Waals surface area contributed by atoms with E-state index in [0.29, 0.717) is 16.7 Å². The highest BCUT2D eigenvalue weighted by Crippen LogP contribution is 2.40. The standard InChI is InChI=1S/C36H30N2O3/c1-21-9-7-10-22(2)34(21)37-25-15-17-29-31(19-25)41-32-20-26(38-35-23(3)11-8-12-24(35)4)16-18-30(32)33(29)27-13-5-6-14-28(27)36(39)40/h5-20,37-38H,1-4H3. The Bertz CT molecular complexity index is 1820. The summed E-state index contributed by atoms with van der Waals surface area (Å²) in [5.41, 5.74) is 11.2. The van der Waals surface area contributed by atoms with Crippen LogP contribution in [0.1, 0.15) is 32.6 Å². The summed E-state index contributed by atoms with van der Waals surface area (Å²) >= 11 is 0. The van der Waals surface area contributed by atoms with E-state index in [0.717, 1.165) is 61.3 Å². The smallest absolute Gasteiger partial charge is 0.363 e. The Balaban J connectivity index is 1.57. The van der Waals surface area contributed by atoms with Gasteiger partial charge >= 0.3 is 11.2 Å². The molecule has 0 unspecified atom stereocenters. The number of para-hydroxylation sites is 2. The average Bonchev–Trinajstić information content (AvgIpc) is 2.95. The molecule has 0 aliphatic rings. The molecule has 41 heavy (non-hydrogen) atoms. The van der Waals surface area contributed by atoms with Gasteiger partial charge in [-0.05, 0) is 79.8 Å². The molecule has 5 aromatic carbocycles. The van der Waals surface area contributed by atoms with Gasteiger partial charge in [0, 0.05) is 33.9 Å². The fraction of sp³-hybridized carbons (Fsp3) is 0.111. The van der Waals surface area contributed by atoms with Gasteiger partial charge in [0.2, 0.25) is 0 Å². The number of rotatable bonds is 6. The number of carboxylic acid groups (broad SMARTS) is 1.